The molecular formula is C19H29ClN4O2. The average molecular weight is 381 g/mol. The lowest BCUT2D eigenvalue weighted by Gasteiger charge is -2.36. The minimum atomic E-state index is -0.0230. The van der Waals surface area contributed by atoms with E-state index < -0.39 is 0 Å². The molecule has 1 aliphatic heterocycles. The zero-order valence-electron chi connectivity index (χ0n) is 15.2. The molecule has 0 radical (unpaired) electrons. The Balaban J connectivity index is 0.00000243. The van der Waals surface area contributed by atoms with Crippen molar-refractivity contribution in [2.75, 3.05) is 26.2 Å². The average Bonchev–Trinajstić information content (AvgIpc) is 2.67. The summed E-state index contributed by atoms with van der Waals surface area (Å²) in [5.41, 5.74) is 1.02. The third-order valence-corrected chi connectivity index (χ3v) is 5.27. The van der Waals surface area contributed by atoms with Crippen LogP contribution < -0.4 is 10.6 Å². The number of carbonyl (C=O) groups excluding carboxylic acids is 2. The van der Waals surface area contributed by atoms with Gasteiger partial charge in [-0.2, -0.15) is 0 Å². The molecule has 3 rings (SSSR count). The van der Waals surface area contributed by atoms with Crippen LogP contribution in [-0.2, 0) is 9.59 Å². The highest BCUT2D eigenvalue weighted by molar-refractivity contribution is 5.85. The lowest BCUT2D eigenvalue weighted by Crippen LogP contribution is -2.51. The first-order valence-corrected chi connectivity index (χ1v) is 9.41. The van der Waals surface area contributed by atoms with Crippen LogP contribution in [-0.4, -0.2) is 47.9 Å². The number of halogens is 1. The first kappa shape index (κ1) is 20.6. The van der Waals surface area contributed by atoms with Gasteiger partial charge in [-0.1, -0.05) is 25.3 Å². The second-order valence-electron chi connectivity index (χ2n) is 7.08. The van der Waals surface area contributed by atoms with Gasteiger partial charge in [-0.15, -0.1) is 12.4 Å². The van der Waals surface area contributed by atoms with E-state index in [0.717, 1.165) is 24.9 Å². The Kier molecular flexibility index (Phi) is 8.32. The maximum absolute atomic E-state index is 12.6. The monoisotopic (exact) mass is 380 g/mol. The van der Waals surface area contributed by atoms with E-state index in [1.54, 1.807) is 12.4 Å². The van der Waals surface area contributed by atoms with E-state index in [9.17, 15) is 9.59 Å². The molecule has 1 saturated carbocycles. The molecule has 1 aromatic heterocycles. The van der Waals surface area contributed by atoms with Gasteiger partial charge in [-0.05, 0) is 30.4 Å². The first-order chi connectivity index (χ1) is 12.2. The number of pyridine rings is 1. The summed E-state index contributed by atoms with van der Waals surface area (Å²) in [6.07, 6.45) is 10.1. The molecule has 144 valence electrons. The number of nitrogens with zero attached hydrogens (tertiary/aromatic N) is 2. The Morgan fingerprint density at radius 3 is 2.81 bits per heavy atom. The SMILES string of the molecule is Cl.O=C(CC1CCCCC1)NCC(=O)N1CCNCC1c1cccnc1. The smallest absolute Gasteiger partial charge is 0.242 e. The summed E-state index contributed by atoms with van der Waals surface area (Å²) >= 11 is 0. The molecule has 6 nitrogen and oxygen atoms in total. The van der Waals surface area contributed by atoms with Gasteiger partial charge in [-0.25, -0.2) is 0 Å². The van der Waals surface area contributed by atoms with Crippen molar-refractivity contribution in [1.29, 1.82) is 0 Å². The highest BCUT2D eigenvalue weighted by atomic mass is 35.5. The number of hydrogen-bond donors (Lipinski definition) is 2. The Bertz CT molecular complexity index is 578. The van der Waals surface area contributed by atoms with E-state index >= 15 is 0 Å². The van der Waals surface area contributed by atoms with Crippen molar-refractivity contribution < 1.29 is 9.59 Å². The van der Waals surface area contributed by atoms with E-state index in [-0.39, 0.29) is 36.8 Å². The third-order valence-electron chi connectivity index (χ3n) is 5.27. The summed E-state index contributed by atoms with van der Waals surface area (Å²) in [4.78, 5) is 30.8. The molecule has 2 heterocycles. The summed E-state index contributed by atoms with van der Waals surface area (Å²) in [7, 11) is 0. The lowest BCUT2D eigenvalue weighted by atomic mass is 9.87. The summed E-state index contributed by atoms with van der Waals surface area (Å²) in [6, 6.07) is 3.86. The fraction of sp³-hybridized carbons (Fsp3) is 0.632. The van der Waals surface area contributed by atoms with Crippen molar-refractivity contribution in [1.82, 2.24) is 20.5 Å². The molecule has 2 aliphatic rings. The summed E-state index contributed by atoms with van der Waals surface area (Å²) in [5, 5.41) is 6.16. The molecule has 1 atom stereocenters. The standard InChI is InChI=1S/C19H28N4O2.ClH/c24-18(11-15-5-2-1-3-6-15)22-14-19(25)23-10-9-21-13-17(23)16-7-4-8-20-12-16;/h4,7-8,12,15,17,21H,1-3,5-6,9-11,13-14H2,(H,22,24);1H. The van der Waals surface area contributed by atoms with Crippen molar-refractivity contribution >= 4 is 24.2 Å². The predicted molar refractivity (Wildman–Crippen MR) is 103 cm³/mol. The van der Waals surface area contributed by atoms with E-state index in [0.29, 0.717) is 25.4 Å². The van der Waals surface area contributed by atoms with Crippen molar-refractivity contribution in [2.24, 2.45) is 5.92 Å². The summed E-state index contributed by atoms with van der Waals surface area (Å²) in [5.74, 6) is 0.479. The third kappa shape index (κ3) is 5.68. The zero-order chi connectivity index (χ0) is 17.5. The van der Waals surface area contributed by atoms with Crippen LogP contribution in [0.5, 0.6) is 0 Å². The van der Waals surface area contributed by atoms with Crippen molar-refractivity contribution in [3.05, 3.63) is 30.1 Å². The molecule has 2 N–H and O–H groups in total. The summed E-state index contributed by atoms with van der Waals surface area (Å²) < 4.78 is 0. The maximum Gasteiger partial charge on any atom is 0.242 e. The van der Waals surface area contributed by atoms with E-state index in [1.807, 2.05) is 17.0 Å². The normalized spacial score (nSPS) is 20.9. The Hall–Kier alpha value is -1.66. The Labute approximate surface area is 161 Å². The van der Waals surface area contributed by atoms with Crippen LogP contribution in [0.3, 0.4) is 0 Å². The molecule has 0 spiro atoms. The number of aromatic nitrogens is 1. The van der Waals surface area contributed by atoms with Gasteiger partial charge in [-0.3, -0.25) is 14.6 Å². The number of rotatable bonds is 5. The predicted octanol–water partition coefficient (Wildman–Crippen LogP) is 2.06. The molecule has 0 bridgehead atoms. The highest BCUT2D eigenvalue weighted by Gasteiger charge is 2.28. The van der Waals surface area contributed by atoms with Crippen LogP contribution in [0.25, 0.3) is 0 Å². The van der Waals surface area contributed by atoms with Gasteiger partial charge in [0.1, 0.15) is 0 Å². The molecule has 26 heavy (non-hydrogen) atoms. The van der Waals surface area contributed by atoms with Gasteiger partial charge >= 0.3 is 0 Å². The zero-order valence-corrected chi connectivity index (χ0v) is 16.0. The van der Waals surface area contributed by atoms with Crippen LogP contribution >= 0.6 is 12.4 Å². The van der Waals surface area contributed by atoms with Gasteiger partial charge in [0.2, 0.25) is 11.8 Å². The highest BCUT2D eigenvalue weighted by Crippen LogP contribution is 2.26. The van der Waals surface area contributed by atoms with Crippen molar-refractivity contribution in [3.8, 4) is 0 Å². The Morgan fingerprint density at radius 1 is 1.27 bits per heavy atom. The van der Waals surface area contributed by atoms with Gasteiger partial charge in [0.25, 0.3) is 0 Å². The molecule has 7 heteroatoms. The number of piperazine rings is 1. The van der Waals surface area contributed by atoms with Crippen molar-refractivity contribution in [2.45, 2.75) is 44.6 Å². The van der Waals surface area contributed by atoms with E-state index in [2.05, 4.69) is 15.6 Å². The fourth-order valence-electron chi connectivity index (χ4n) is 3.88. The number of carbonyl (C=O) groups is 2. The summed E-state index contributed by atoms with van der Waals surface area (Å²) in [6.45, 7) is 2.23. The number of nitrogens with one attached hydrogen (secondary N) is 2. The first-order valence-electron chi connectivity index (χ1n) is 9.41. The van der Waals surface area contributed by atoms with Crippen molar-refractivity contribution in [3.63, 3.8) is 0 Å². The van der Waals surface area contributed by atoms with Gasteiger partial charge in [0, 0.05) is 38.4 Å². The fourth-order valence-corrected chi connectivity index (χ4v) is 3.88. The molecular weight excluding hydrogens is 352 g/mol. The number of hydrogen-bond acceptors (Lipinski definition) is 4. The quantitative estimate of drug-likeness (QED) is 0.820. The second-order valence-corrected chi connectivity index (χ2v) is 7.08. The minimum Gasteiger partial charge on any atom is -0.347 e. The van der Waals surface area contributed by atoms with Crippen LogP contribution in [0.1, 0.15) is 50.1 Å². The van der Waals surface area contributed by atoms with Crippen LogP contribution in [0, 0.1) is 5.92 Å². The van der Waals surface area contributed by atoms with Crippen LogP contribution in [0.2, 0.25) is 0 Å². The second kappa shape index (κ2) is 10.5. The number of amides is 2. The van der Waals surface area contributed by atoms with Gasteiger partial charge < -0.3 is 15.5 Å². The molecule has 1 saturated heterocycles. The molecule has 1 unspecified atom stereocenters. The molecule has 2 fully saturated rings. The van der Waals surface area contributed by atoms with E-state index in [1.165, 1.54) is 19.3 Å². The molecule has 0 aromatic carbocycles. The van der Waals surface area contributed by atoms with E-state index in [4.69, 9.17) is 0 Å². The lowest BCUT2D eigenvalue weighted by molar-refractivity contribution is -0.135. The Morgan fingerprint density at radius 2 is 2.08 bits per heavy atom. The minimum absolute atomic E-state index is 0. The maximum atomic E-state index is 12.6. The van der Waals surface area contributed by atoms with Crippen LogP contribution in [0.4, 0.5) is 0 Å². The van der Waals surface area contributed by atoms with Gasteiger partial charge in [0.05, 0.1) is 12.6 Å². The topological polar surface area (TPSA) is 74.3 Å². The molecule has 1 aliphatic carbocycles. The molecule has 1 aromatic rings. The van der Waals surface area contributed by atoms with Crippen LogP contribution in [0.15, 0.2) is 24.5 Å². The van der Waals surface area contributed by atoms with Gasteiger partial charge in [0.15, 0.2) is 0 Å². The largest absolute Gasteiger partial charge is 0.347 e. The molecule has 2 amide bonds.